The Balaban J connectivity index is 1.54. The Labute approximate surface area is 191 Å². The lowest BCUT2D eigenvalue weighted by Crippen LogP contribution is -2.04. The van der Waals surface area contributed by atoms with Gasteiger partial charge in [0, 0.05) is 35.3 Å². The van der Waals surface area contributed by atoms with Crippen LogP contribution in [0.15, 0.2) is 66.9 Å². The highest BCUT2D eigenvalue weighted by molar-refractivity contribution is 5.99. The van der Waals surface area contributed by atoms with Crippen LogP contribution < -0.4 is 14.2 Å². The largest absolute Gasteiger partial charge is 0.494 e. The van der Waals surface area contributed by atoms with Gasteiger partial charge in [0.25, 0.3) is 0 Å². The topological polar surface area (TPSA) is 58.4 Å². The molecular formula is C27H23N3O3. The zero-order chi connectivity index (χ0) is 22.4. The van der Waals surface area contributed by atoms with Crippen LogP contribution in [0.25, 0.3) is 33.4 Å². The molecule has 0 aliphatic carbocycles. The summed E-state index contributed by atoms with van der Waals surface area (Å²) in [7, 11) is 0. The molecule has 6 nitrogen and oxygen atoms in total. The van der Waals surface area contributed by atoms with Crippen LogP contribution in [0.4, 0.5) is 0 Å². The van der Waals surface area contributed by atoms with E-state index >= 15 is 0 Å². The van der Waals surface area contributed by atoms with Crippen molar-refractivity contribution in [3.05, 3.63) is 78.0 Å². The van der Waals surface area contributed by atoms with Crippen molar-refractivity contribution in [1.82, 2.24) is 14.8 Å². The molecule has 33 heavy (non-hydrogen) atoms. The van der Waals surface area contributed by atoms with Gasteiger partial charge in [-0.2, -0.15) is 0 Å². The first kappa shape index (κ1) is 19.6. The summed E-state index contributed by atoms with van der Waals surface area (Å²) in [5.41, 5.74) is 7.21. The zero-order valence-electron chi connectivity index (χ0n) is 18.5. The third-order valence-corrected chi connectivity index (χ3v) is 5.97. The average molecular weight is 437 g/mol. The standard InChI is InChI=1S/C27H23N3O3/c1-3-31-20-9-7-19(8-10-20)26-22-15-30(14-18-6-4-5-17(2)11-18)23-13-25-24(32-16-33-25)12-21(23)27(22)29-28-26/h4-13,15H,3,14,16H2,1-2H3. The molecule has 6 heteroatoms. The number of fused-ring (bicyclic) bond motifs is 4. The van der Waals surface area contributed by atoms with Gasteiger partial charge in [-0.05, 0) is 49.7 Å². The summed E-state index contributed by atoms with van der Waals surface area (Å²) < 4.78 is 19.2. The quantitative estimate of drug-likeness (QED) is 0.354. The Morgan fingerprint density at radius 1 is 0.939 bits per heavy atom. The maximum atomic E-state index is 5.67. The van der Waals surface area contributed by atoms with Crippen LogP contribution in [0.5, 0.6) is 17.2 Å². The first-order chi connectivity index (χ1) is 16.2. The van der Waals surface area contributed by atoms with E-state index in [-0.39, 0.29) is 6.79 Å². The molecule has 0 bridgehead atoms. The minimum Gasteiger partial charge on any atom is -0.494 e. The van der Waals surface area contributed by atoms with Gasteiger partial charge in [0.2, 0.25) is 6.79 Å². The summed E-state index contributed by atoms with van der Waals surface area (Å²) in [6, 6.07) is 20.6. The van der Waals surface area contributed by atoms with E-state index in [9.17, 15) is 0 Å². The number of benzene rings is 3. The number of hydrogen-bond acceptors (Lipinski definition) is 5. The molecule has 0 spiro atoms. The highest BCUT2D eigenvalue weighted by Crippen LogP contribution is 2.42. The van der Waals surface area contributed by atoms with Gasteiger partial charge in [-0.15, -0.1) is 10.2 Å². The fourth-order valence-corrected chi connectivity index (χ4v) is 4.45. The van der Waals surface area contributed by atoms with E-state index in [2.05, 4.69) is 52.2 Å². The lowest BCUT2D eigenvalue weighted by atomic mass is 10.0. The first-order valence-corrected chi connectivity index (χ1v) is 11.1. The molecule has 3 heterocycles. The molecule has 3 aromatic rings. The summed E-state index contributed by atoms with van der Waals surface area (Å²) in [5.74, 6) is 2.34. The molecule has 0 atom stereocenters. The Kier molecular flexibility index (Phi) is 4.64. The molecule has 0 amide bonds. The van der Waals surface area contributed by atoms with E-state index < -0.39 is 0 Å². The van der Waals surface area contributed by atoms with Crippen LogP contribution in [-0.4, -0.2) is 28.2 Å². The van der Waals surface area contributed by atoms with Crippen molar-refractivity contribution in [1.29, 1.82) is 0 Å². The molecule has 0 saturated carbocycles. The summed E-state index contributed by atoms with van der Waals surface area (Å²) in [6.07, 6.45) is 2.15. The molecule has 164 valence electrons. The van der Waals surface area contributed by atoms with E-state index in [4.69, 9.17) is 14.2 Å². The number of nitrogens with zero attached hydrogens (tertiary/aromatic N) is 3. The van der Waals surface area contributed by atoms with Crippen LogP contribution >= 0.6 is 0 Å². The number of rotatable bonds is 5. The van der Waals surface area contributed by atoms with Crippen LogP contribution in [0, 0.1) is 6.92 Å². The monoisotopic (exact) mass is 437 g/mol. The predicted molar refractivity (Wildman–Crippen MR) is 127 cm³/mol. The van der Waals surface area contributed by atoms with Gasteiger partial charge in [-0.25, -0.2) is 0 Å². The molecule has 0 fully saturated rings. The van der Waals surface area contributed by atoms with E-state index in [1.807, 2.05) is 43.3 Å². The van der Waals surface area contributed by atoms with Crippen molar-refractivity contribution in [2.24, 2.45) is 0 Å². The van der Waals surface area contributed by atoms with Crippen molar-refractivity contribution >= 4 is 10.9 Å². The van der Waals surface area contributed by atoms with Crippen LogP contribution in [0.2, 0.25) is 0 Å². The Morgan fingerprint density at radius 2 is 1.73 bits per heavy atom. The fraction of sp³-hybridized carbons (Fsp3) is 0.185. The van der Waals surface area contributed by atoms with E-state index in [1.165, 1.54) is 11.1 Å². The summed E-state index contributed by atoms with van der Waals surface area (Å²) in [6.45, 7) is 5.69. The highest BCUT2D eigenvalue weighted by atomic mass is 16.7. The van der Waals surface area contributed by atoms with Crippen molar-refractivity contribution < 1.29 is 14.2 Å². The van der Waals surface area contributed by atoms with Gasteiger partial charge in [0.15, 0.2) is 11.5 Å². The molecule has 3 aliphatic rings. The Bertz CT molecular complexity index is 1440. The lowest BCUT2D eigenvalue weighted by Gasteiger charge is -2.16. The average Bonchev–Trinajstić information content (AvgIpc) is 3.45. The molecule has 0 unspecified atom stereocenters. The second kappa shape index (κ2) is 7.81. The normalized spacial score (nSPS) is 12.5. The van der Waals surface area contributed by atoms with E-state index in [0.717, 1.165) is 57.2 Å². The number of hydrogen-bond donors (Lipinski definition) is 0. The smallest absolute Gasteiger partial charge is 0.231 e. The number of ether oxygens (including phenoxy) is 3. The van der Waals surface area contributed by atoms with E-state index in [1.54, 1.807) is 0 Å². The number of aromatic nitrogens is 3. The van der Waals surface area contributed by atoms with Crippen molar-refractivity contribution in [3.63, 3.8) is 0 Å². The van der Waals surface area contributed by atoms with Gasteiger partial charge in [0.1, 0.15) is 17.1 Å². The zero-order valence-corrected chi connectivity index (χ0v) is 18.5. The number of aryl methyl sites for hydroxylation is 1. The molecule has 3 aromatic carbocycles. The van der Waals surface area contributed by atoms with Gasteiger partial charge in [0.05, 0.1) is 12.1 Å². The second-order valence-electron chi connectivity index (χ2n) is 8.24. The van der Waals surface area contributed by atoms with Crippen molar-refractivity contribution in [2.45, 2.75) is 20.4 Å². The van der Waals surface area contributed by atoms with Crippen molar-refractivity contribution in [3.8, 4) is 39.8 Å². The van der Waals surface area contributed by atoms with Gasteiger partial charge < -0.3 is 18.8 Å². The SMILES string of the molecule is CCOc1ccc(-c2nnc3c4cc5c(cc4n(Cc4cccc(C)c4)cc2-3)OCO5)cc1. The fourth-order valence-electron chi connectivity index (χ4n) is 4.45. The molecule has 0 aromatic heterocycles. The van der Waals surface area contributed by atoms with Gasteiger partial charge >= 0.3 is 0 Å². The Hall–Kier alpha value is -4.06. The lowest BCUT2D eigenvalue weighted by molar-refractivity contribution is 0.174. The molecule has 0 saturated heterocycles. The van der Waals surface area contributed by atoms with E-state index in [0.29, 0.717) is 6.61 Å². The van der Waals surface area contributed by atoms with Crippen LogP contribution in [-0.2, 0) is 6.54 Å². The maximum Gasteiger partial charge on any atom is 0.231 e. The third kappa shape index (κ3) is 3.44. The maximum absolute atomic E-state index is 5.67. The van der Waals surface area contributed by atoms with Crippen LogP contribution in [0.3, 0.4) is 0 Å². The highest BCUT2D eigenvalue weighted by Gasteiger charge is 2.24. The third-order valence-electron chi connectivity index (χ3n) is 5.97. The molecule has 6 rings (SSSR count). The molecular weight excluding hydrogens is 414 g/mol. The number of pyridine rings is 1. The Morgan fingerprint density at radius 3 is 2.52 bits per heavy atom. The summed E-state index contributed by atoms with van der Waals surface area (Å²) in [5, 5.41) is 10.1. The molecule has 0 radical (unpaired) electrons. The van der Waals surface area contributed by atoms with Gasteiger partial charge in [-0.1, -0.05) is 29.8 Å². The molecule has 0 N–H and O–H groups in total. The first-order valence-electron chi connectivity index (χ1n) is 11.1. The second-order valence-corrected chi connectivity index (χ2v) is 8.24. The predicted octanol–water partition coefficient (Wildman–Crippen LogP) is 5.69. The minimum absolute atomic E-state index is 0.233. The van der Waals surface area contributed by atoms with Crippen LogP contribution in [0.1, 0.15) is 18.1 Å². The summed E-state index contributed by atoms with van der Waals surface area (Å²) in [4.78, 5) is 0. The van der Waals surface area contributed by atoms with Gasteiger partial charge in [-0.3, -0.25) is 0 Å². The minimum atomic E-state index is 0.233. The summed E-state index contributed by atoms with van der Waals surface area (Å²) >= 11 is 0. The van der Waals surface area contributed by atoms with Crippen molar-refractivity contribution in [2.75, 3.05) is 13.4 Å². The molecule has 3 aliphatic heterocycles.